The van der Waals surface area contributed by atoms with Gasteiger partial charge in [-0.25, -0.2) is 9.97 Å². The number of benzene rings is 6. The van der Waals surface area contributed by atoms with E-state index in [-0.39, 0.29) is 0 Å². The second kappa shape index (κ2) is 7.57. The summed E-state index contributed by atoms with van der Waals surface area (Å²) in [7, 11) is 0. The van der Waals surface area contributed by atoms with Gasteiger partial charge >= 0.3 is 0 Å². The second-order valence-corrected chi connectivity index (χ2v) is 11.9. The van der Waals surface area contributed by atoms with E-state index in [0.29, 0.717) is 0 Å². The molecule has 3 heterocycles. The summed E-state index contributed by atoms with van der Waals surface area (Å²) in [5, 5.41) is 9.10. The molecule has 0 aliphatic carbocycles. The number of fused-ring (bicyclic) bond motifs is 6. The first-order valence-electron chi connectivity index (χ1n) is 12.7. The topological polar surface area (TPSA) is 25.8 Å². The Morgan fingerprint density at radius 1 is 0.447 bits per heavy atom. The molecule has 0 saturated carbocycles. The number of nitrogens with zero attached hydrogens (tertiary/aromatic N) is 2. The van der Waals surface area contributed by atoms with E-state index in [1.54, 1.807) is 11.3 Å². The number of rotatable bonds is 2. The van der Waals surface area contributed by atoms with Crippen LogP contribution in [0, 0.1) is 0 Å². The van der Waals surface area contributed by atoms with Gasteiger partial charge in [0.1, 0.15) is 0 Å². The van der Waals surface area contributed by atoms with Crippen molar-refractivity contribution in [2.45, 2.75) is 0 Å². The smallest absolute Gasteiger partial charge is 0.160 e. The van der Waals surface area contributed by atoms with Gasteiger partial charge in [-0.1, -0.05) is 84.9 Å². The summed E-state index contributed by atoms with van der Waals surface area (Å²) in [6.07, 6.45) is 0. The summed E-state index contributed by atoms with van der Waals surface area (Å²) in [4.78, 5) is 10.5. The van der Waals surface area contributed by atoms with Gasteiger partial charge in [0, 0.05) is 41.4 Å². The predicted octanol–water partition coefficient (Wildman–Crippen LogP) is 10.3. The molecule has 0 aliphatic heterocycles. The van der Waals surface area contributed by atoms with Crippen LogP contribution >= 0.6 is 22.7 Å². The molecule has 4 heteroatoms. The Balaban J connectivity index is 1.43. The maximum Gasteiger partial charge on any atom is 0.160 e. The largest absolute Gasteiger partial charge is 0.226 e. The van der Waals surface area contributed by atoms with Crippen LogP contribution in [-0.2, 0) is 0 Å². The third kappa shape index (κ3) is 2.76. The van der Waals surface area contributed by atoms with Gasteiger partial charge in [-0.2, -0.15) is 0 Å². The fourth-order valence-corrected chi connectivity index (χ4v) is 8.33. The normalized spacial score (nSPS) is 12.2. The monoisotopic (exact) mass is 518 g/mol. The van der Waals surface area contributed by atoms with Crippen molar-refractivity contribution in [3.63, 3.8) is 0 Å². The molecule has 0 bridgehead atoms. The van der Waals surface area contributed by atoms with Crippen molar-refractivity contribution in [2.24, 2.45) is 0 Å². The summed E-state index contributed by atoms with van der Waals surface area (Å²) in [6.45, 7) is 0. The first-order chi connectivity index (χ1) is 18.8. The highest BCUT2D eigenvalue weighted by Gasteiger charge is 2.20. The van der Waals surface area contributed by atoms with Crippen molar-refractivity contribution in [2.75, 3.05) is 0 Å². The lowest BCUT2D eigenvalue weighted by molar-refractivity contribution is 1.24. The van der Waals surface area contributed by atoms with Crippen LogP contribution in [0.15, 0.2) is 109 Å². The zero-order valence-electron chi connectivity index (χ0n) is 20.1. The lowest BCUT2D eigenvalue weighted by Crippen LogP contribution is -1.94. The molecule has 3 aromatic heterocycles. The standard InChI is InChI=1S/C34H18N2S2/c1-2-9-19(10-3-1)31-33-32(24-13-6-7-15-26(24)38-33)36-34(35-31)20-17-25-22-12-5-4-11-21(22)23-14-8-16-27-29(23)30(25)28(18-20)37-27/h1-18H. The molecule has 9 rings (SSSR count). The maximum atomic E-state index is 5.25. The predicted molar refractivity (Wildman–Crippen MR) is 165 cm³/mol. The quantitative estimate of drug-likeness (QED) is 0.213. The molecule has 0 radical (unpaired) electrons. The van der Waals surface area contributed by atoms with Crippen LogP contribution in [-0.4, -0.2) is 9.97 Å². The first-order valence-corrected chi connectivity index (χ1v) is 14.3. The molecule has 6 aromatic carbocycles. The molecule has 2 nitrogen and oxygen atoms in total. The number of hydrogen-bond acceptors (Lipinski definition) is 4. The molecule has 9 aromatic rings. The van der Waals surface area contributed by atoms with E-state index in [1.807, 2.05) is 11.3 Å². The van der Waals surface area contributed by atoms with Gasteiger partial charge in [-0.05, 0) is 45.8 Å². The zero-order valence-corrected chi connectivity index (χ0v) is 21.7. The average Bonchev–Trinajstić information content (AvgIpc) is 3.55. The van der Waals surface area contributed by atoms with E-state index in [2.05, 4.69) is 109 Å². The van der Waals surface area contributed by atoms with Gasteiger partial charge in [-0.3, -0.25) is 0 Å². The van der Waals surface area contributed by atoms with Crippen LogP contribution in [0.3, 0.4) is 0 Å². The number of thiophene rings is 2. The van der Waals surface area contributed by atoms with Crippen LogP contribution in [0.2, 0.25) is 0 Å². The van der Waals surface area contributed by atoms with Crippen molar-refractivity contribution in [3.05, 3.63) is 109 Å². The van der Waals surface area contributed by atoms with E-state index in [0.717, 1.165) is 32.9 Å². The molecular formula is C34H18N2S2. The van der Waals surface area contributed by atoms with Crippen molar-refractivity contribution >= 4 is 84.7 Å². The fourth-order valence-electron chi connectivity index (χ4n) is 5.98. The highest BCUT2D eigenvalue weighted by atomic mass is 32.1. The molecule has 0 fully saturated rings. The average molecular weight is 519 g/mol. The Labute approximate surface area is 225 Å². The van der Waals surface area contributed by atoms with Crippen molar-refractivity contribution in [1.82, 2.24) is 9.97 Å². The fraction of sp³-hybridized carbons (Fsp3) is 0. The van der Waals surface area contributed by atoms with Crippen LogP contribution in [0.4, 0.5) is 0 Å². The van der Waals surface area contributed by atoms with Crippen molar-refractivity contribution in [1.29, 1.82) is 0 Å². The highest BCUT2D eigenvalue weighted by Crippen LogP contribution is 2.47. The van der Waals surface area contributed by atoms with Gasteiger partial charge in [0.25, 0.3) is 0 Å². The molecule has 0 N–H and O–H groups in total. The Bertz CT molecular complexity index is 2350. The lowest BCUT2D eigenvalue weighted by atomic mass is 9.93. The zero-order chi connectivity index (χ0) is 24.8. The van der Waals surface area contributed by atoms with Gasteiger partial charge < -0.3 is 0 Å². The minimum Gasteiger partial charge on any atom is -0.226 e. The van der Waals surface area contributed by atoms with E-state index in [9.17, 15) is 0 Å². The molecule has 0 spiro atoms. The number of hydrogen-bond donors (Lipinski definition) is 0. The van der Waals surface area contributed by atoms with Gasteiger partial charge in [0.2, 0.25) is 0 Å². The Kier molecular flexibility index (Phi) is 4.12. The highest BCUT2D eigenvalue weighted by molar-refractivity contribution is 7.26. The minimum atomic E-state index is 0.777. The number of aromatic nitrogens is 2. The molecule has 0 amide bonds. The molecule has 0 saturated heterocycles. The van der Waals surface area contributed by atoms with Gasteiger partial charge in [0.05, 0.1) is 15.9 Å². The molecule has 0 atom stereocenters. The Hall–Kier alpha value is -4.38. The minimum absolute atomic E-state index is 0.777. The second-order valence-electron chi connectivity index (χ2n) is 9.76. The summed E-state index contributed by atoms with van der Waals surface area (Å²) in [5.41, 5.74) is 4.21. The van der Waals surface area contributed by atoms with Crippen LogP contribution < -0.4 is 0 Å². The van der Waals surface area contributed by atoms with Crippen molar-refractivity contribution < 1.29 is 0 Å². The van der Waals surface area contributed by atoms with Crippen LogP contribution in [0.25, 0.3) is 84.7 Å². The van der Waals surface area contributed by atoms with Crippen LogP contribution in [0.5, 0.6) is 0 Å². The third-order valence-electron chi connectivity index (χ3n) is 7.63. The molecular weight excluding hydrogens is 501 g/mol. The SMILES string of the molecule is c1ccc(-c2nc(-c3cc4sc5cccc6c7ccccc7c(c3)c4c56)nc3c2sc2ccccc23)cc1. The molecule has 0 aliphatic rings. The van der Waals surface area contributed by atoms with E-state index < -0.39 is 0 Å². The Morgan fingerprint density at radius 3 is 2.00 bits per heavy atom. The first kappa shape index (κ1) is 20.7. The molecule has 176 valence electrons. The van der Waals surface area contributed by atoms with Gasteiger partial charge in [-0.15, -0.1) is 22.7 Å². The molecule has 0 unspecified atom stereocenters. The van der Waals surface area contributed by atoms with Crippen molar-refractivity contribution in [3.8, 4) is 22.6 Å². The lowest BCUT2D eigenvalue weighted by Gasteiger charge is -2.11. The Morgan fingerprint density at radius 2 is 1.13 bits per heavy atom. The van der Waals surface area contributed by atoms with Gasteiger partial charge in [0.15, 0.2) is 5.82 Å². The maximum absolute atomic E-state index is 5.25. The van der Waals surface area contributed by atoms with E-state index >= 15 is 0 Å². The third-order valence-corrected chi connectivity index (χ3v) is 9.90. The summed E-state index contributed by atoms with van der Waals surface area (Å²) >= 11 is 3.64. The molecule has 38 heavy (non-hydrogen) atoms. The summed E-state index contributed by atoms with van der Waals surface area (Å²) in [5.74, 6) is 0.777. The van der Waals surface area contributed by atoms with Crippen LogP contribution in [0.1, 0.15) is 0 Å². The summed E-state index contributed by atoms with van der Waals surface area (Å²) in [6, 6.07) is 39.1. The van der Waals surface area contributed by atoms with E-state index in [1.165, 1.54) is 51.8 Å². The summed E-state index contributed by atoms with van der Waals surface area (Å²) < 4.78 is 4.99. The van der Waals surface area contributed by atoms with E-state index in [4.69, 9.17) is 9.97 Å².